The molecule has 1 aliphatic rings. The van der Waals surface area contributed by atoms with Crippen molar-refractivity contribution >= 4 is 33.2 Å². The van der Waals surface area contributed by atoms with E-state index in [-0.39, 0.29) is 10.8 Å². The molecule has 2 heterocycles. The molecule has 1 aromatic heterocycles. The molecule has 0 fully saturated rings. The molecule has 2 aromatic carbocycles. The monoisotopic (exact) mass is 344 g/mol. The minimum Gasteiger partial charge on any atom is -0.311 e. The van der Waals surface area contributed by atoms with E-state index in [1.165, 1.54) is 28.0 Å². The van der Waals surface area contributed by atoms with Crippen LogP contribution in [0.25, 0.3) is 10.2 Å². The molecule has 4 rings (SSSR count). The molecule has 0 unspecified atom stereocenters. The van der Waals surface area contributed by atoms with Crippen LogP contribution in [0.2, 0.25) is 5.02 Å². The number of nitrogens with one attached hydrogen (secondary N) is 1. The maximum atomic E-state index is 11.9. The molecule has 118 valence electrons. The summed E-state index contributed by atoms with van der Waals surface area (Å²) in [5.74, 6) is 0.255. The number of hydrogen-bond acceptors (Lipinski definition) is 3. The Morgan fingerprint density at radius 2 is 2.09 bits per heavy atom. The lowest BCUT2D eigenvalue weighted by Gasteiger charge is -2.22. The summed E-state index contributed by atoms with van der Waals surface area (Å²) in [5.41, 5.74) is 4.59. The van der Waals surface area contributed by atoms with Crippen molar-refractivity contribution in [2.75, 3.05) is 20.1 Å². The van der Waals surface area contributed by atoms with E-state index in [1.807, 2.05) is 12.1 Å². The van der Waals surface area contributed by atoms with Crippen molar-refractivity contribution in [3.63, 3.8) is 0 Å². The van der Waals surface area contributed by atoms with Gasteiger partial charge in [-0.2, -0.15) is 0 Å². The van der Waals surface area contributed by atoms with Gasteiger partial charge in [-0.3, -0.25) is 4.79 Å². The first-order valence-electron chi connectivity index (χ1n) is 7.71. The first-order chi connectivity index (χ1) is 11.1. The van der Waals surface area contributed by atoms with Crippen molar-refractivity contribution in [2.45, 2.75) is 12.3 Å². The van der Waals surface area contributed by atoms with Gasteiger partial charge < -0.3 is 9.88 Å². The van der Waals surface area contributed by atoms with Gasteiger partial charge in [0.1, 0.15) is 0 Å². The van der Waals surface area contributed by atoms with Crippen LogP contribution >= 0.6 is 22.9 Å². The van der Waals surface area contributed by atoms with Crippen LogP contribution in [0.4, 0.5) is 0 Å². The second-order valence-corrected chi connectivity index (χ2v) is 7.52. The fourth-order valence-electron chi connectivity index (χ4n) is 3.49. The second kappa shape index (κ2) is 5.78. The normalized spacial score (nSPS) is 18.8. The third-order valence-corrected chi connectivity index (χ3v) is 5.80. The summed E-state index contributed by atoms with van der Waals surface area (Å²) in [6.07, 6.45) is 0.955. The third-order valence-electron chi connectivity index (χ3n) is 4.59. The van der Waals surface area contributed by atoms with Gasteiger partial charge in [-0.15, -0.1) is 0 Å². The molecule has 0 aliphatic carbocycles. The molecule has 5 heteroatoms. The Morgan fingerprint density at radius 1 is 1.30 bits per heavy atom. The van der Waals surface area contributed by atoms with Crippen LogP contribution in [-0.2, 0) is 6.42 Å². The van der Waals surface area contributed by atoms with Crippen molar-refractivity contribution in [3.8, 4) is 0 Å². The minimum atomic E-state index is -0.0419. The molecule has 3 aromatic rings. The maximum absolute atomic E-state index is 11.9. The number of likely N-dealkylation sites (N-methyl/N-ethyl adjacent to an activating group) is 1. The van der Waals surface area contributed by atoms with Crippen LogP contribution in [0.5, 0.6) is 0 Å². The standard InChI is InChI=1S/C18H17ClN2OS/c1-21-8-7-12-9-14(19)16-17(23-18(22)20-16)15(12)13(10-21)11-5-3-2-4-6-11/h2-6,9,13H,7-8,10H2,1H3,(H,20,22)/t13-/m1/s1. The molecule has 0 bridgehead atoms. The molecule has 0 amide bonds. The Balaban J connectivity index is 2.02. The summed E-state index contributed by atoms with van der Waals surface area (Å²) in [4.78, 5) is 17.1. The molecule has 0 spiro atoms. The van der Waals surface area contributed by atoms with Gasteiger partial charge in [-0.1, -0.05) is 53.3 Å². The van der Waals surface area contributed by atoms with Crippen molar-refractivity contribution < 1.29 is 0 Å². The van der Waals surface area contributed by atoms with E-state index in [1.54, 1.807) is 0 Å². The Labute approximate surface area is 143 Å². The van der Waals surface area contributed by atoms with E-state index in [4.69, 9.17) is 11.6 Å². The van der Waals surface area contributed by atoms with Crippen LogP contribution in [0.1, 0.15) is 22.6 Å². The number of fused-ring (bicyclic) bond motifs is 3. The molecular formula is C18H17ClN2OS. The van der Waals surface area contributed by atoms with Crippen LogP contribution in [0.15, 0.2) is 41.2 Å². The maximum Gasteiger partial charge on any atom is 0.305 e. The molecular weight excluding hydrogens is 328 g/mol. The van der Waals surface area contributed by atoms with E-state index in [9.17, 15) is 4.79 Å². The topological polar surface area (TPSA) is 36.1 Å². The number of rotatable bonds is 1. The summed E-state index contributed by atoms with van der Waals surface area (Å²) in [7, 11) is 2.15. The Bertz CT molecular complexity index is 916. The van der Waals surface area contributed by atoms with E-state index in [0.717, 1.165) is 29.7 Å². The SMILES string of the molecule is CN1CCc2cc(Cl)c3[nH]c(=O)sc3c2[C@@H](c2ccccc2)C1. The average Bonchev–Trinajstić information content (AvgIpc) is 2.86. The molecule has 1 N–H and O–H groups in total. The van der Waals surface area contributed by atoms with Crippen molar-refractivity contribution in [1.82, 2.24) is 9.88 Å². The van der Waals surface area contributed by atoms with Crippen LogP contribution in [0.3, 0.4) is 0 Å². The summed E-state index contributed by atoms with van der Waals surface area (Å²) < 4.78 is 1.02. The molecule has 1 aliphatic heterocycles. The number of benzene rings is 2. The van der Waals surface area contributed by atoms with Crippen LogP contribution in [0, 0.1) is 0 Å². The first-order valence-corrected chi connectivity index (χ1v) is 8.90. The Hall–Kier alpha value is -1.62. The van der Waals surface area contributed by atoms with Crippen molar-refractivity contribution in [3.05, 3.63) is 67.8 Å². The number of nitrogens with zero attached hydrogens (tertiary/aromatic N) is 1. The van der Waals surface area contributed by atoms with E-state index >= 15 is 0 Å². The van der Waals surface area contributed by atoms with E-state index in [0.29, 0.717) is 5.02 Å². The molecule has 3 nitrogen and oxygen atoms in total. The zero-order chi connectivity index (χ0) is 16.0. The van der Waals surface area contributed by atoms with Crippen molar-refractivity contribution in [1.29, 1.82) is 0 Å². The molecule has 0 saturated heterocycles. The highest BCUT2D eigenvalue weighted by Crippen LogP contribution is 2.39. The zero-order valence-corrected chi connectivity index (χ0v) is 14.4. The molecule has 0 saturated carbocycles. The lowest BCUT2D eigenvalue weighted by atomic mass is 9.88. The predicted octanol–water partition coefficient (Wildman–Crippen LogP) is 3.86. The summed E-state index contributed by atoms with van der Waals surface area (Å²) in [6.45, 7) is 1.94. The fraction of sp³-hybridized carbons (Fsp3) is 0.278. The van der Waals surface area contributed by atoms with Gasteiger partial charge in [0.2, 0.25) is 0 Å². The Morgan fingerprint density at radius 3 is 2.87 bits per heavy atom. The highest BCUT2D eigenvalue weighted by atomic mass is 35.5. The largest absolute Gasteiger partial charge is 0.311 e. The van der Waals surface area contributed by atoms with Crippen molar-refractivity contribution in [2.24, 2.45) is 0 Å². The molecule has 1 atom stereocenters. The number of H-pyrrole nitrogens is 1. The summed E-state index contributed by atoms with van der Waals surface area (Å²) in [5, 5.41) is 0.647. The number of aromatic nitrogens is 1. The zero-order valence-electron chi connectivity index (χ0n) is 12.8. The van der Waals surface area contributed by atoms with E-state index < -0.39 is 0 Å². The van der Waals surface area contributed by atoms with Crippen LogP contribution < -0.4 is 4.87 Å². The highest BCUT2D eigenvalue weighted by Gasteiger charge is 2.27. The number of thiazole rings is 1. The van der Waals surface area contributed by atoms with Gasteiger partial charge >= 0.3 is 4.87 Å². The lowest BCUT2D eigenvalue weighted by molar-refractivity contribution is 0.338. The smallest absolute Gasteiger partial charge is 0.305 e. The number of hydrogen-bond donors (Lipinski definition) is 1. The predicted molar refractivity (Wildman–Crippen MR) is 96.9 cm³/mol. The number of halogens is 1. The highest BCUT2D eigenvalue weighted by molar-refractivity contribution is 7.16. The second-order valence-electron chi connectivity index (χ2n) is 6.13. The van der Waals surface area contributed by atoms with Gasteiger partial charge in [0.25, 0.3) is 0 Å². The lowest BCUT2D eigenvalue weighted by Crippen LogP contribution is -2.24. The number of aromatic amines is 1. The molecule has 0 radical (unpaired) electrons. The van der Waals surface area contributed by atoms with Gasteiger partial charge in [-0.05, 0) is 36.2 Å². The van der Waals surface area contributed by atoms with Gasteiger partial charge in [-0.25, -0.2) is 0 Å². The Kier molecular flexibility index (Phi) is 3.76. The quantitative estimate of drug-likeness (QED) is 0.727. The fourth-order valence-corrected chi connectivity index (χ4v) is 4.80. The van der Waals surface area contributed by atoms with Gasteiger partial charge in [0.15, 0.2) is 0 Å². The van der Waals surface area contributed by atoms with Gasteiger partial charge in [0, 0.05) is 19.0 Å². The van der Waals surface area contributed by atoms with Crippen LogP contribution in [-0.4, -0.2) is 30.0 Å². The van der Waals surface area contributed by atoms with E-state index in [2.05, 4.69) is 41.2 Å². The summed E-state index contributed by atoms with van der Waals surface area (Å²) in [6, 6.07) is 12.6. The average molecular weight is 345 g/mol. The summed E-state index contributed by atoms with van der Waals surface area (Å²) >= 11 is 7.69. The minimum absolute atomic E-state index is 0.0419. The van der Waals surface area contributed by atoms with Gasteiger partial charge in [0.05, 0.1) is 15.2 Å². The molecule has 23 heavy (non-hydrogen) atoms. The third kappa shape index (κ3) is 2.61. The first kappa shape index (κ1) is 14.9.